The third-order valence-corrected chi connectivity index (χ3v) is 10.7. The summed E-state index contributed by atoms with van der Waals surface area (Å²) in [6.45, 7) is 9.85. The minimum Gasteiger partial charge on any atom is -0.444 e. The number of sulfonamides is 1. The van der Waals surface area contributed by atoms with Gasteiger partial charge < -0.3 is 20.3 Å². The molecule has 4 amide bonds. The van der Waals surface area contributed by atoms with Crippen LogP contribution in [0, 0.1) is 17.8 Å². The number of ether oxygens (including phenoxy) is 1. The highest BCUT2D eigenvalue weighted by molar-refractivity contribution is 7.91. The Labute approximate surface area is 250 Å². The normalized spacial score (nSPS) is 31.2. The second-order valence-corrected chi connectivity index (χ2v) is 16.3. The first kappa shape index (κ1) is 32.5. The lowest BCUT2D eigenvalue weighted by Gasteiger charge is -2.30. The van der Waals surface area contributed by atoms with E-state index >= 15 is 0 Å². The van der Waals surface area contributed by atoms with Crippen molar-refractivity contribution in [1.82, 2.24) is 20.3 Å². The fraction of sp³-hybridized carbons (Fsp3) is 0.867. The van der Waals surface area contributed by atoms with Gasteiger partial charge in [-0.25, -0.2) is 13.2 Å². The maximum atomic E-state index is 14.0. The molecule has 2 saturated heterocycles. The van der Waals surface area contributed by atoms with E-state index in [2.05, 4.69) is 29.2 Å². The van der Waals surface area contributed by atoms with Gasteiger partial charge in [-0.05, 0) is 83.5 Å². The van der Waals surface area contributed by atoms with Gasteiger partial charge in [0.25, 0.3) is 5.91 Å². The molecule has 4 rings (SSSR count). The predicted octanol–water partition coefficient (Wildman–Crippen LogP) is 3.37. The van der Waals surface area contributed by atoms with E-state index in [9.17, 15) is 27.6 Å². The number of amides is 4. The fourth-order valence-corrected chi connectivity index (χ4v) is 7.94. The molecule has 0 unspecified atom stereocenters. The highest BCUT2D eigenvalue weighted by atomic mass is 32.2. The lowest BCUT2D eigenvalue weighted by atomic mass is 9.94. The molecular weight excluding hydrogens is 560 g/mol. The van der Waals surface area contributed by atoms with Crippen LogP contribution in [0.2, 0.25) is 0 Å². The molecule has 3 N–H and O–H groups in total. The minimum absolute atomic E-state index is 0.0841. The van der Waals surface area contributed by atoms with Crippen LogP contribution < -0.4 is 15.4 Å². The standard InChI is InChI=1S/C30H50N4O7S/c1-19(2)15-20-16-24-25(35)32-30(27(37)33-42(39,40)22-13-14-22)17-21(30)11-9-7-6-8-10-12-23(26(36)34(24)18-20)31-28(38)41-29(3,4)5/h19-24H,6-18H2,1-5H3,(H,31,38)(H,32,35)(H,33,37)/t20-,21-,23+,24+,30-/m1/s1. The van der Waals surface area contributed by atoms with Gasteiger partial charge in [0.15, 0.2) is 0 Å². The molecule has 12 heteroatoms. The zero-order valence-corrected chi connectivity index (χ0v) is 26.7. The third-order valence-electron chi connectivity index (χ3n) is 8.87. The smallest absolute Gasteiger partial charge is 0.408 e. The number of carbonyl (C=O) groups is 4. The first-order valence-electron chi connectivity index (χ1n) is 15.8. The summed E-state index contributed by atoms with van der Waals surface area (Å²) in [5.41, 5.74) is -2.02. The van der Waals surface area contributed by atoms with Gasteiger partial charge >= 0.3 is 6.09 Å². The Bertz CT molecular complexity index is 1150. The summed E-state index contributed by atoms with van der Waals surface area (Å²) in [6, 6.07) is -1.66. The Morgan fingerprint density at radius 2 is 1.69 bits per heavy atom. The molecule has 0 aromatic carbocycles. The molecule has 2 saturated carbocycles. The van der Waals surface area contributed by atoms with Crippen LogP contribution in [0.15, 0.2) is 0 Å². The Balaban J connectivity index is 1.59. The summed E-state index contributed by atoms with van der Waals surface area (Å²) in [4.78, 5) is 55.7. The first-order chi connectivity index (χ1) is 19.6. The second-order valence-electron chi connectivity index (χ2n) is 14.3. The minimum atomic E-state index is -3.78. The molecule has 0 spiro atoms. The molecule has 11 nitrogen and oxygen atoms in total. The van der Waals surface area contributed by atoms with Crippen LogP contribution in [-0.2, 0) is 29.1 Å². The van der Waals surface area contributed by atoms with Crippen molar-refractivity contribution < 1.29 is 32.3 Å². The van der Waals surface area contributed by atoms with Crippen molar-refractivity contribution in [3.05, 3.63) is 0 Å². The zero-order chi connectivity index (χ0) is 30.9. The van der Waals surface area contributed by atoms with Crippen LogP contribution >= 0.6 is 0 Å². The van der Waals surface area contributed by atoms with Gasteiger partial charge in [-0.15, -0.1) is 0 Å². The number of hydrogen-bond donors (Lipinski definition) is 3. The Kier molecular flexibility index (Phi) is 9.84. The van der Waals surface area contributed by atoms with Gasteiger partial charge in [-0.3, -0.25) is 19.1 Å². The van der Waals surface area contributed by atoms with Crippen molar-refractivity contribution in [1.29, 1.82) is 0 Å². The van der Waals surface area contributed by atoms with Gasteiger partial charge in [0.1, 0.15) is 23.2 Å². The monoisotopic (exact) mass is 610 g/mol. The maximum absolute atomic E-state index is 14.0. The van der Waals surface area contributed by atoms with Crippen LogP contribution in [0.3, 0.4) is 0 Å². The molecule has 2 heterocycles. The molecule has 2 aliphatic carbocycles. The second kappa shape index (κ2) is 12.7. The average Bonchev–Trinajstić information content (AvgIpc) is 3.78. The van der Waals surface area contributed by atoms with Crippen LogP contribution in [0.4, 0.5) is 4.79 Å². The number of alkyl carbamates (subject to hydrolysis) is 1. The van der Waals surface area contributed by atoms with Crippen LogP contribution in [0.1, 0.15) is 112 Å². The molecular formula is C30H50N4O7S. The average molecular weight is 611 g/mol. The van der Waals surface area contributed by atoms with Crippen molar-refractivity contribution in [2.24, 2.45) is 17.8 Å². The molecule has 0 aromatic heterocycles. The van der Waals surface area contributed by atoms with Crippen molar-refractivity contribution in [3.8, 4) is 0 Å². The summed E-state index contributed by atoms with van der Waals surface area (Å²) >= 11 is 0. The van der Waals surface area contributed by atoms with Crippen molar-refractivity contribution in [3.63, 3.8) is 0 Å². The third kappa shape index (κ3) is 8.17. The highest BCUT2D eigenvalue weighted by Crippen LogP contribution is 2.48. The number of fused-ring (bicyclic) bond motifs is 2. The number of hydrogen-bond acceptors (Lipinski definition) is 7. The SMILES string of the molecule is CC(C)C[C@@H]1C[C@H]2C(=O)N[C@]3(C(=O)NS(=O)(=O)C4CC4)C[C@H]3CCCCCCC[C@H](NC(=O)OC(C)(C)C)C(=O)N2C1. The molecule has 4 fully saturated rings. The molecule has 0 aromatic rings. The van der Waals surface area contributed by atoms with Crippen LogP contribution in [0.25, 0.3) is 0 Å². The zero-order valence-electron chi connectivity index (χ0n) is 25.9. The number of carbonyl (C=O) groups excluding carboxylic acids is 4. The molecule has 42 heavy (non-hydrogen) atoms. The van der Waals surface area contributed by atoms with Gasteiger partial charge in [-0.1, -0.05) is 46.0 Å². The first-order valence-corrected chi connectivity index (χ1v) is 17.3. The summed E-state index contributed by atoms with van der Waals surface area (Å²) in [6.07, 6.45) is 7.51. The number of nitrogens with one attached hydrogen (secondary N) is 3. The molecule has 4 aliphatic rings. The largest absolute Gasteiger partial charge is 0.444 e. The van der Waals surface area contributed by atoms with Gasteiger partial charge in [0.2, 0.25) is 21.8 Å². The van der Waals surface area contributed by atoms with E-state index in [1.165, 1.54) is 0 Å². The van der Waals surface area contributed by atoms with Gasteiger partial charge in [-0.2, -0.15) is 0 Å². The van der Waals surface area contributed by atoms with E-state index < -0.39 is 56.4 Å². The van der Waals surface area contributed by atoms with Crippen molar-refractivity contribution >= 4 is 33.8 Å². The summed E-state index contributed by atoms with van der Waals surface area (Å²) in [5, 5.41) is 5.17. The maximum Gasteiger partial charge on any atom is 0.408 e. The lowest BCUT2D eigenvalue weighted by molar-refractivity contribution is -0.141. The van der Waals surface area contributed by atoms with Crippen molar-refractivity contribution in [2.45, 2.75) is 140 Å². The molecule has 2 aliphatic heterocycles. The van der Waals surface area contributed by atoms with Crippen LogP contribution in [-0.4, -0.2) is 72.2 Å². The summed E-state index contributed by atoms with van der Waals surface area (Å²) in [7, 11) is -3.78. The molecule has 5 atom stereocenters. The Morgan fingerprint density at radius 3 is 2.31 bits per heavy atom. The quantitative estimate of drug-likeness (QED) is 0.417. The number of nitrogens with zero attached hydrogens (tertiary/aromatic N) is 1. The highest BCUT2D eigenvalue weighted by Gasteiger charge is 2.62. The van der Waals surface area contributed by atoms with E-state index in [0.717, 1.165) is 38.5 Å². The van der Waals surface area contributed by atoms with E-state index in [-0.39, 0.29) is 17.7 Å². The van der Waals surface area contributed by atoms with Gasteiger partial charge in [0.05, 0.1) is 5.25 Å². The number of rotatable bonds is 6. The molecule has 238 valence electrons. The molecule has 0 radical (unpaired) electrons. The lowest BCUT2D eigenvalue weighted by Crippen LogP contribution is -2.58. The van der Waals surface area contributed by atoms with Crippen LogP contribution in [0.5, 0.6) is 0 Å². The molecule has 0 bridgehead atoms. The predicted molar refractivity (Wildman–Crippen MR) is 158 cm³/mol. The fourth-order valence-electron chi connectivity index (χ4n) is 6.58. The van der Waals surface area contributed by atoms with E-state index in [4.69, 9.17) is 4.74 Å². The Hall–Kier alpha value is -2.37. The topological polar surface area (TPSA) is 151 Å². The van der Waals surface area contributed by atoms with Crippen molar-refractivity contribution in [2.75, 3.05) is 6.54 Å². The Morgan fingerprint density at radius 1 is 1.05 bits per heavy atom. The van der Waals surface area contributed by atoms with E-state index in [0.29, 0.717) is 51.0 Å². The van der Waals surface area contributed by atoms with Gasteiger partial charge in [0, 0.05) is 6.54 Å². The van der Waals surface area contributed by atoms with E-state index in [1.807, 2.05) is 0 Å². The van der Waals surface area contributed by atoms with E-state index in [1.54, 1.807) is 25.7 Å². The summed E-state index contributed by atoms with van der Waals surface area (Å²) in [5.74, 6) is -1.15. The summed E-state index contributed by atoms with van der Waals surface area (Å²) < 4.78 is 33.0.